The van der Waals surface area contributed by atoms with E-state index in [9.17, 15) is 4.79 Å². The number of amides is 1. The minimum absolute atomic E-state index is 0.0460. The Kier molecular flexibility index (Phi) is 5.56. The number of carbonyl (C=O) groups is 1. The van der Waals surface area contributed by atoms with Crippen LogP contribution in [0.25, 0.3) is 0 Å². The topological polar surface area (TPSA) is 41.5 Å². The summed E-state index contributed by atoms with van der Waals surface area (Å²) < 4.78 is 0. The van der Waals surface area contributed by atoms with Crippen LogP contribution in [0.3, 0.4) is 0 Å². The van der Waals surface area contributed by atoms with Gasteiger partial charge in [0.1, 0.15) is 0 Å². The number of hydrogen-bond donors (Lipinski definition) is 1. The lowest BCUT2D eigenvalue weighted by Gasteiger charge is -2.25. The molecule has 0 atom stereocenters. The lowest BCUT2D eigenvalue weighted by Crippen LogP contribution is -2.24. The Morgan fingerprint density at radius 3 is 2.48 bits per heavy atom. The summed E-state index contributed by atoms with van der Waals surface area (Å²) in [5.41, 5.74) is 5.16. The van der Waals surface area contributed by atoms with Gasteiger partial charge in [-0.2, -0.15) is 5.10 Å². The molecule has 0 saturated heterocycles. The van der Waals surface area contributed by atoms with Gasteiger partial charge in [0.25, 0.3) is 5.91 Å². The number of hydrogen-bond acceptors (Lipinski definition) is 2. The molecule has 0 unspecified atom stereocenters. The van der Waals surface area contributed by atoms with Crippen LogP contribution in [0.15, 0.2) is 59.7 Å². The van der Waals surface area contributed by atoms with Gasteiger partial charge in [0.05, 0.1) is 0 Å². The summed E-state index contributed by atoms with van der Waals surface area (Å²) in [7, 11) is 0. The molecule has 0 fully saturated rings. The van der Waals surface area contributed by atoms with Crippen LogP contribution >= 0.6 is 11.6 Å². The first kappa shape index (κ1) is 17.2. The Hall–Kier alpha value is -2.13. The van der Waals surface area contributed by atoms with Gasteiger partial charge in [-0.3, -0.25) is 4.79 Å². The van der Waals surface area contributed by atoms with Crippen LogP contribution in [0.1, 0.15) is 43.1 Å². The Bertz CT molecular complexity index is 708. The summed E-state index contributed by atoms with van der Waals surface area (Å²) in [6.45, 7) is 6.25. The fraction of sp³-hybridized carbons (Fsp3) is 0.263. The third-order valence-corrected chi connectivity index (χ3v) is 3.92. The van der Waals surface area contributed by atoms with E-state index in [1.165, 1.54) is 5.56 Å². The smallest absolute Gasteiger partial charge is 0.267 e. The van der Waals surface area contributed by atoms with E-state index in [0.717, 1.165) is 12.1 Å². The van der Waals surface area contributed by atoms with E-state index in [2.05, 4.69) is 36.5 Å². The van der Waals surface area contributed by atoms with E-state index in [1.54, 1.807) is 24.3 Å². The van der Waals surface area contributed by atoms with Crippen molar-refractivity contribution in [3.05, 3.63) is 70.7 Å². The Labute approximate surface area is 142 Å². The second-order valence-electron chi connectivity index (χ2n) is 6.23. The van der Waals surface area contributed by atoms with E-state index in [-0.39, 0.29) is 11.3 Å². The van der Waals surface area contributed by atoms with Crippen molar-refractivity contribution >= 4 is 23.2 Å². The second kappa shape index (κ2) is 7.42. The maximum Gasteiger partial charge on any atom is 0.271 e. The standard InChI is InChI=1S/C19H21ClN2O/c1-14(13-19(2,3)16-9-5-4-6-10-16)21-22-18(23)15-8-7-11-17(20)12-15/h4-12H,13H2,1-3H3,(H,22,23)/b21-14-. The minimum Gasteiger partial charge on any atom is -0.267 e. The number of nitrogens with zero attached hydrogens (tertiary/aromatic N) is 1. The zero-order valence-corrected chi connectivity index (χ0v) is 14.4. The van der Waals surface area contributed by atoms with Gasteiger partial charge in [0.15, 0.2) is 0 Å². The molecule has 0 spiro atoms. The van der Waals surface area contributed by atoms with Crippen LogP contribution in [0, 0.1) is 0 Å². The van der Waals surface area contributed by atoms with E-state index < -0.39 is 0 Å². The van der Waals surface area contributed by atoms with Crippen LogP contribution in [-0.2, 0) is 5.41 Å². The van der Waals surface area contributed by atoms with Crippen LogP contribution in [-0.4, -0.2) is 11.6 Å². The molecule has 0 aliphatic carbocycles. The molecule has 0 radical (unpaired) electrons. The average Bonchev–Trinajstić information content (AvgIpc) is 2.53. The lowest BCUT2D eigenvalue weighted by molar-refractivity contribution is 0.0954. The molecule has 4 heteroatoms. The summed E-state index contributed by atoms with van der Waals surface area (Å²) in [5.74, 6) is -0.260. The van der Waals surface area contributed by atoms with E-state index in [1.807, 2.05) is 25.1 Å². The first-order valence-electron chi connectivity index (χ1n) is 7.53. The fourth-order valence-electron chi connectivity index (χ4n) is 2.51. The molecule has 1 amide bonds. The molecule has 2 rings (SSSR count). The molecule has 3 nitrogen and oxygen atoms in total. The molecule has 1 N–H and O–H groups in total. The van der Waals surface area contributed by atoms with E-state index in [0.29, 0.717) is 10.6 Å². The number of halogens is 1. The normalized spacial score (nSPS) is 12.1. The van der Waals surface area contributed by atoms with Crippen LogP contribution in [0.5, 0.6) is 0 Å². The van der Waals surface area contributed by atoms with Crippen molar-refractivity contribution in [2.24, 2.45) is 5.10 Å². The molecular formula is C19H21ClN2O. The Morgan fingerprint density at radius 1 is 1.13 bits per heavy atom. The Balaban J connectivity index is 2.01. The second-order valence-corrected chi connectivity index (χ2v) is 6.66. The van der Waals surface area contributed by atoms with Gasteiger partial charge in [0, 0.05) is 16.3 Å². The molecule has 0 aliphatic heterocycles. The number of rotatable bonds is 5. The van der Waals surface area contributed by atoms with Crippen molar-refractivity contribution in [2.75, 3.05) is 0 Å². The van der Waals surface area contributed by atoms with Crippen LogP contribution in [0.2, 0.25) is 5.02 Å². The first-order chi connectivity index (χ1) is 10.9. The van der Waals surface area contributed by atoms with Gasteiger partial charge in [-0.25, -0.2) is 5.43 Å². The van der Waals surface area contributed by atoms with Crippen molar-refractivity contribution in [1.82, 2.24) is 5.43 Å². The summed E-state index contributed by atoms with van der Waals surface area (Å²) in [4.78, 5) is 12.1. The molecule has 0 heterocycles. The van der Waals surface area contributed by atoms with Crippen molar-refractivity contribution in [3.63, 3.8) is 0 Å². The van der Waals surface area contributed by atoms with Gasteiger partial charge >= 0.3 is 0 Å². The highest BCUT2D eigenvalue weighted by Crippen LogP contribution is 2.27. The van der Waals surface area contributed by atoms with Gasteiger partial charge in [-0.05, 0) is 42.5 Å². The fourth-order valence-corrected chi connectivity index (χ4v) is 2.70. The summed E-state index contributed by atoms with van der Waals surface area (Å²) in [6.07, 6.45) is 0.757. The highest BCUT2D eigenvalue weighted by atomic mass is 35.5. The van der Waals surface area contributed by atoms with E-state index >= 15 is 0 Å². The third kappa shape index (κ3) is 4.93. The maximum absolute atomic E-state index is 12.1. The molecule has 23 heavy (non-hydrogen) atoms. The number of benzene rings is 2. The van der Waals surface area contributed by atoms with Gasteiger partial charge < -0.3 is 0 Å². The molecule has 0 saturated carbocycles. The van der Waals surface area contributed by atoms with E-state index in [4.69, 9.17) is 11.6 Å². The number of nitrogens with one attached hydrogen (secondary N) is 1. The van der Waals surface area contributed by atoms with Crippen molar-refractivity contribution < 1.29 is 4.79 Å². The van der Waals surface area contributed by atoms with Gasteiger partial charge in [-0.1, -0.05) is 61.8 Å². The lowest BCUT2D eigenvalue weighted by atomic mass is 9.80. The molecule has 0 aliphatic rings. The highest BCUT2D eigenvalue weighted by molar-refractivity contribution is 6.30. The van der Waals surface area contributed by atoms with Crippen molar-refractivity contribution in [1.29, 1.82) is 0 Å². The SMILES string of the molecule is C/C(CC(C)(C)c1ccccc1)=N/NC(=O)c1cccc(Cl)c1. The summed E-state index contributed by atoms with van der Waals surface area (Å²) in [6, 6.07) is 17.1. The highest BCUT2D eigenvalue weighted by Gasteiger charge is 2.21. The van der Waals surface area contributed by atoms with Crippen molar-refractivity contribution in [3.8, 4) is 0 Å². The number of carbonyl (C=O) groups excluding carboxylic acids is 1. The molecule has 120 valence electrons. The molecular weight excluding hydrogens is 308 g/mol. The molecule has 2 aromatic rings. The Morgan fingerprint density at radius 2 is 1.83 bits per heavy atom. The van der Waals surface area contributed by atoms with Crippen molar-refractivity contribution in [2.45, 2.75) is 32.6 Å². The quantitative estimate of drug-likeness (QED) is 0.621. The minimum atomic E-state index is -0.260. The number of hydrazone groups is 1. The molecule has 2 aromatic carbocycles. The molecule has 0 bridgehead atoms. The zero-order valence-electron chi connectivity index (χ0n) is 13.6. The molecule has 0 aromatic heterocycles. The summed E-state index contributed by atoms with van der Waals surface area (Å²) >= 11 is 5.89. The van der Waals surface area contributed by atoms with Gasteiger partial charge in [0.2, 0.25) is 0 Å². The zero-order chi connectivity index (χ0) is 16.9. The first-order valence-corrected chi connectivity index (χ1v) is 7.91. The third-order valence-electron chi connectivity index (χ3n) is 3.69. The predicted octanol–water partition coefficient (Wildman–Crippen LogP) is 4.81. The maximum atomic E-state index is 12.1. The van der Waals surface area contributed by atoms with Crippen LogP contribution < -0.4 is 5.43 Å². The summed E-state index contributed by atoms with van der Waals surface area (Å²) in [5, 5.41) is 4.75. The average molecular weight is 329 g/mol. The van der Waals surface area contributed by atoms with Gasteiger partial charge in [-0.15, -0.1) is 0 Å². The van der Waals surface area contributed by atoms with Crippen LogP contribution in [0.4, 0.5) is 0 Å². The largest absolute Gasteiger partial charge is 0.271 e. The monoisotopic (exact) mass is 328 g/mol. The predicted molar refractivity (Wildman–Crippen MR) is 96.1 cm³/mol.